The summed E-state index contributed by atoms with van der Waals surface area (Å²) in [6.45, 7) is 6.21. The number of rotatable bonds is 1. The van der Waals surface area contributed by atoms with Gasteiger partial charge in [-0.25, -0.2) is 0 Å². The predicted molar refractivity (Wildman–Crippen MR) is 61.9 cm³/mol. The second-order valence-electron chi connectivity index (χ2n) is 6.34. The number of ketones is 1. The van der Waals surface area contributed by atoms with Crippen LogP contribution in [0.3, 0.4) is 0 Å². The molecule has 3 nitrogen and oxygen atoms in total. The molecule has 0 saturated heterocycles. The smallest absolute Gasteiger partial charge is 0.229 e. The lowest BCUT2D eigenvalue weighted by atomic mass is 9.64. The molecule has 0 unspecified atom stereocenters. The van der Waals surface area contributed by atoms with Gasteiger partial charge >= 0.3 is 0 Å². The maximum atomic E-state index is 12.4. The summed E-state index contributed by atoms with van der Waals surface area (Å²) in [5, 5.41) is 0. The monoisotopic (exact) mass is 223 g/mol. The SMILES string of the molecule is CN(C)C(=O)[C@]12CC[C@](C)(C(=O)C1)C2(C)C. The highest BCUT2D eigenvalue weighted by Crippen LogP contribution is 2.70. The van der Waals surface area contributed by atoms with Crippen LogP contribution in [0, 0.1) is 16.2 Å². The van der Waals surface area contributed by atoms with Crippen molar-refractivity contribution in [2.45, 2.75) is 40.0 Å². The third-order valence-corrected chi connectivity index (χ3v) is 5.52. The number of carbonyl (C=O) groups excluding carboxylic acids is 2. The van der Waals surface area contributed by atoms with Gasteiger partial charge in [-0.2, -0.15) is 0 Å². The Balaban J connectivity index is 2.52. The highest BCUT2D eigenvalue weighted by Gasteiger charge is 2.72. The Kier molecular flexibility index (Phi) is 2.09. The fourth-order valence-corrected chi connectivity index (χ4v) is 3.76. The summed E-state index contributed by atoms with van der Waals surface area (Å²) in [6.07, 6.45) is 2.16. The summed E-state index contributed by atoms with van der Waals surface area (Å²) in [5.74, 6) is 0.408. The third-order valence-electron chi connectivity index (χ3n) is 5.52. The van der Waals surface area contributed by atoms with E-state index in [0.29, 0.717) is 6.42 Å². The molecule has 0 heterocycles. The van der Waals surface area contributed by atoms with Crippen molar-refractivity contribution in [3.63, 3.8) is 0 Å². The topological polar surface area (TPSA) is 37.4 Å². The normalized spacial score (nSPS) is 40.2. The van der Waals surface area contributed by atoms with E-state index in [2.05, 4.69) is 13.8 Å². The largest absolute Gasteiger partial charge is 0.348 e. The molecular weight excluding hydrogens is 202 g/mol. The molecule has 2 fully saturated rings. The standard InChI is InChI=1S/C13H21NO2/c1-11(2)12(3)6-7-13(11,8-9(12)15)10(16)14(4)5/h6-8H2,1-5H3/t12-,13+/m1/s1. The summed E-state index contributed by atoms with van der Waals surface area (Å²) in [4.78, 5) is 26.2. The molecule has 90 valence electrons. The molecule has 0 spiro atoms. The lowest BCUT2D eigenvalue weighted by Gasteiger charge is -2.40. The van der Waals surface area contributed by atoms with Gasteiger partial charge in [0.1, 0.15) is 5.78 Å². The van der Waals surface area contributed by atoms with Crippen LogP contribution in [0.2, 0.25) is 0 Å². The zero-order valence-corrected chi connectivity index (χ0v) is 10.9. The van der Waals surface area contributed by atoms with Gasteiger partial charge in [-0.3, -0.25) is 9.59 Å². The number of hydrogen-bond donors (Lipinski definition) is 0. The van der Waals surface area contributed by atoms with Crippen LogP contribution in [0.25, 0.3) is 0 Å². The van der Waals surface area contributed by atoms with Crippen LogP contribution < -0.4 is 0 Å². The third kappa shape index (κ3) is 0.950. The van der Waals surface area contributed by atoms with Gasteiger partial charge in [0.15, 0.2) is 0 Å². The first kappa shape index (κ1) is 11.6. The van der Waals surface area contributed by atoms with Crippen LogP contribution in [-0.4, -0.2) is 30.7 Å². The molecule has 2 rings (SSSR count). The van der Waals surface area contributed by atoms with Crippen molar-refractivity contribution in [3.05, 3.63) is 0 Å². The number of carbonyl (C=O) groups is 2. The predicted octanol–water partition coefficient (Wildman–Crippen LogP) is 1.86. The number of amides is 1. The van der Waals surface area contributed by atoms with Crippen molar-refractivity contribution >= 4 is 11.7 Å². The Morgan fingerprint density at radius 3 is 2.06 bits per heavy atom. The molecule has 2 aliphatic carbocycles. The molecule has 2 aliphatic rings. The van der Waals surface area contributed by atoms with Crippen LogP contribution in [0.5, 0.6) is 0 Å². The molecule has 0 N–H and O–H groups in total. The van der Waals surface area contributed by atoms with Crippen molar-refractivity contribution in [1.29, 1.82) is 0 Å². The fraction of sp³-hybridized carbons (Fsp3) is 0.846. The molecule has 16 heavy (non-hydrogen) atoms. The molecule has 2 atom stereocenters. The average Bonchev–Trinajstić information content (AvgIpc) is 2.46. The van der Waals surface area contributed by atoms with E-state index in [1.165, 1.54) is 0 Å². The number of Topliss-reactive ketones (excluding diaryl/α,β-unsaturated/α-hetero) is 1. The minimum atomic E-state index is -0.442. The first-order valence-electron chi connectivity index (χ1n) is 5.94. The molecule has 2 bridgehead atoms. The quantitative estimate of drug-likeness (QED) is 0.680. The number of nitrogens with zero attached hydrogens (tertiary/aromatic N) is 1. The van der Waals surface area contributed by atoms with Crippen molar-refractivity contribution in [2.24, 2.45) is 16.2 Å². The van der Waals surface area contributed by atoms with Gasteiger partial charge < -0.3 is 4.90 Å². The summed E-state index contributed by atoms with van der Waals surface area (Å²) in [5.41, 5.74) is -0.945. The van der Waals surface area contributed by atoms with Crippen molar-refractivity contribution < 1.29 is 9.59 Å². The summed E-state index contributed by atoms with van der Waals surface area (Å²) in [7, 11) is 3.57. The van der Waals surface area contributed by atoms with Crippen LogP contribution in [0.4, 0.5) is 0 Å². The van der Waals surface area contributed by atoms with Gasteiger partial charge in [0.2, 0.25) is 5.91 Å². The zero-order chi connectivity index (χ0) is 12.4. The first-order valence-corrected chi connectivity index (χ1v) is 5.94. The summed E-state index contributed by atoms with van der Waals surface area (Å²) < 4.78 is 0. The highest BCUT2D eigenvalue weighted by molar-refractivity contribution is 5.99. The molecule has 0 aromatic rings. The maximum absolute atomic E-state index is 12.4. The van der Waals surface area contributed by atoms with Crippen LogP contribution in [0.15, 0.2) is 0 Å². The summed E-state index contributed by atoms with van der Waals surface area (Å²) in [6, 6.07) is 0. The van der Waals surface area contributed by atoms with E-state index in [-0.39, 0.29) is 22.5 Å². The van der Waals surface area contributed by atoms with Gasteiger partial charge in [0, 0.05) is 25.9 Å². The fourth-order valence-electron chi connectivity index (χ4n) is 3.76. The molecule has 0 aromatic heterocycles. The van der Waals surface area contributed by atoms with Gasteiger partial charge in [0.05, 0.1) is 5.41 Å². The van der Waals surface area contributed by atoms with E-state index in [9.17, 15) is 9.59 Å². The highest BCUT2D eigenvalue weighted by atomic mass is 16.2. The van der Waals surface area contributed by atoms with E-state index >= 15 is 0 Å². The van der Waals surface area contributed by atoms with Gasteiger partial charge in [-0.15, -0.1) is 0 Å². The minimum absolute atomic E-state index is 0.132. The van der Waals surface area contributed by atoms with E-state index in [0.717, 1.165) is 12.8 Å². The number of hydrogen-bond acceptors (Lipinski definition) is 2. The Labute approximate surface area is 97.2 Å². The molecular formula is C13H21NO2. The second kappa shape index (κ2) is 2.88. The number of fused-ring (bicyclic) bond motifs is 2. The van der Waals surface area contributed by atoms with Crippen LogP contribution in [0.1, 0.15) is 40.0 Å². The molecule has 3 heteroatoms. The van der Waals surface area contributed by atoms with Crippen molar-refractivity contribution in [2.75, 3.05) is 14.1 Å². The molecule has 0 radical (unpaired) electrons. The Bertz CT molecular complexity index is 372. The van der Waals surface area contributed by atoms with E-state index in [1.807, 2.05) is 6.92 Å². The first-order chi connectivity index (χ1) is 7.19. The molecule has 0 aromatic carbocycles. The maximum Gasteiger partial charge on any atom is 0.229 e. The lowest BCUT2D eigenvalue weighted by molar-refractivity contribution is -0.145. The average molecular weight is 223 g/mol. The minimum Gasteiger partial charge on any atom is -0.348 e. The van der Waals surface area contributed by atoms with E-state index in [1.54, 1.807) is 19.0 Å². The molecule has 0 aliphatic heterocycles. The van der Waals surface area contributed by atoms with E-state index in [4.69, 9.17) is 0 Å². The molecule has 1 amide bonds. The summed E-state index contributed by atoms with van der Waals surface area (Å²) >= 11 is 0. The lowest BCUT2D eigenvalue weighted by Crippen LogP contribution is -2.46. The molecule has 2 saturated carbocycles. The second-order valence-corrected chi connectivity index (χ2v) is 6.34. The van der Waals surface area contributed by atoms with Gasteiger partial charge in [-0.1, -0.05) is 20.8 Å². The van der Waals surface area contributed by atoms with Gasteiger partial charge in [0.25, 0.3) is 0 Å². The zero-order valence-electron chi connectivity index (χ0n) is 10.9. The van der Waals surface area contributed by atoms with E-state index < -0.39 is 5.41 Å². The van der Waals surface area contributed by atoms with Gasteiger partial charge in [-0.05, 0) is 18.3 Å². The Morgan fingerprint density at radius 2 is 1.75 bits per heavy atom. The van der Waals surface area contributed by atoms with Crippen LogP contribution >= 0.6 is 0 Å². The van der Waals surface area contributed by atoms with Crippen molar-refractivity contribution in [3.8, 4) is 0 Å². The van der Waals surface area contributed by atoms with Crippen LogP contribution in [-0.2, 0) is 9.59 Å². The van der Waals surface area contributed by atoms with Crippen molar-refractivity contribution in [1.82, 2.24) is 4.90 Å². The Morgan fingerprint density at radius 1 is 1.19 bits per heavy atom. The Hall–Kier alpha value is -0.860.